The zero-order valence-electron chi connectivity index (χ0n) is 16.3. The van der Waals surface area contributed by atoms with Gasteiger partial charge in [-0.15, -0.1) is 0 Å². The van der Waals surface area contributed by atoms with Crippen molar-refractivity contribution in [1.29, 1.82) is 0 Å². The maximum absolute atomic E-state index is 3.93. The van der Waals surface area contributed by atoms with E-state index in [-0.39, 0.29) is 0 Å². The standard InChI is InChI=1S/C21H25N.C2H6/c1-6-11-22-12-9-8-10-17(3)14-20(7-2)21-15-18(4)13-19(5)16-21;1-2/h7-9,12-16H,10H2,1-5H3;1-2H3/b9-8-,17-14+,20-7+,22-12?;. The summed E-state index contributed by atoms with van der Waals surface area (Å²) >= 11 is 0. The minimum atomic E-state index is 0.910. The highest BCUT2D eigenvalue weighted by Gasteiger charge is 2.00. The van der Waals surface area contributed by atoms with Crippen LogP contribution in [0.3, 0.4) is 0 Å². The molecule has 1 rings (SSSR count). The van der Waals surface area contributed by atoms with Crippen LogP contribution in [0.2, 0.25) is 0 Å². The predicted octanol–water partition coefficient (Wildman–Crippen LogP) is 6.68. The largest absolute Gasteiger partial charge is 0.206 e. The monoisotopic (exact) mass is 321 g/mol. The number of hydrogen-bond acceptors (Lipinski definition) is 1. The Bertz CT molecular complexity index is 653. The van der Waals surface area contributed by atoms with E-state index in [2.05, 4.69) is 81.1 Å². The van der Waals surface area contributed by atoms with E-state index in [1.165, 1.54) is 27.8 Å². The van der Waals surface area contributed by atoms with Crippen molar-refractivity contribution in [1.82, 2.24) is 0 Å². The molecule has 0 aliphatic rings. The predicted molar refractivity (Wildman–Crippen MR) is 110 cm³/mol. The Balaban J connectivity index is 0.00000254. The lowest BCUT2D eigenvalue weighted by Crippen LogP contribution is -1.87. The zero-order chi connectivity index (χ0) is 18.4. The van der Waals surface area contributed by atoms with Crippen molar-refractivity contribution in [2.24, 2.45) is 4.99 Å². The average Bonchev–Trinajstić information content (AvgIpc) is 2.56. The van der Waals surface area contributed by atoms with Gasteiger partial charge in [-0.3, -0.25) is 0 Å². The number of benzene rings is 1. The molecule has 128 valence electrons. The summed E-state index contributed by atoms with van der Waals surface area (Å²) in [5.41, 5.74) is 6.46. The second-order valence-corrected chi connectivity index (χ2v) is 5.38. The molecule has 1 aromatic carbocycles. The molecule has 24 heavy (non-hydrogen) atoms. The third-order valence-electron chi connectivity index (χ3n) is 3.18. The molecule has 1 heteroatoms. The van der Waals surface area contributed by atoms with Crippen LogP contribution in [0.15, 0.2) is 53.1 Å². The fourth-order valence-corrected chi connectivity index (χ4v) is 2.26. The molecule has 0 atom stereocenters. The highest BCUT2D eigenvalue weighted by atomic mass is 14.6. The molecular weight excluding hydrogens is 290 g/mol. The third kappa shape index (κ3) is 8.96. The topological polar surface area (TPSA) is 12.4 Å². The first-order chi connectivity index (χ1) is 11.6. The second kappa shape index (κ2) is 13.1. The van der Waals surface area contributed by atoms with Crippen molar-refractivity contribution in [3.8, 4) is 12.0 Å². The summed E-state index contributed by atoms with van der Waals surface area (Å²) in [5, 5.41) is 0. The molecule has 1 nitrogen and oxygen atoms in total. The third-order valence-corrected chi connectivity index (χ3v) is 3.18. The lowest BCUT2D eigenvalue weighted by atomic mass is 9.98. The summed E-state index contributed by atoms with van der Waals surface area (Å²) in [6.45, 7) is 14.3. The van der Waals surface area contributed by atoms with Crippen LogP contribution in [0.25, 0.3) is 5.57 Å². The van der Waals surface area contributed by atoms with E-state index in [1.54, 1.807) is 13.1 Å². The number of aryl methyl sites for hydroxylation is 2. The first kappa shape index (κ1) is 21.7. The molecule has 0 saturated carbocycles. The van der Waals surface area contributed by atoms with Gasteiger partial charge >= 0.3 is 0 Å². The lowest BCUT2D eigenvalue weighted by Gasteiger charge is -2.07. The SMILES string of the molecule is CC.CC#CN=C/C=C\C/C(C)=C/C(=C\C)c1cc(C)cc(C)c1. The number of rotatable bonds is 5. The van der Waals surface area contributed by atoms with Crippen LogP contribution < -0.4 is 0 Å². The molecular formula is C23H31N. The minimum Gasteiger partial charge on any atom is -0.206 e. The second-order valence-electron chi connectivity index (χ2n) is 5.38. The Morgan fingerprint density at radius 1 is 1.12 bits per heavy atom. The molecule has 0 saturated heterocycles. The summed E-state index contributed by atoms with van der Waals surface area (Å²) < 4.78 is 0. The molecule has 0 aliphatic heterocycles. The number of nitrogens with zero attached hydrogens (tertiary/aromatic N) is 1. The molecule has 0 bridgehead atoms. The van der Waals surface area contributed by atoms with Gasteiger partial charge in [0.1, 0.15) is 0 Å². The van der Waals surface area contributed by atoms with Crippen molar-refractivity contribution in [3.05, 3.63) is 64.8 Å². The van der Waals surface area contributed by atoms with Crippen LogP contribution in [-0.4, -0.2) is 6.21 Å². The fraction of sp³-hybridized carbons (Fsp3) is 0.348. The normalized spacial score (nSPS) is 12.0. The first-order valence-corrected chi connectivity index (χ1v) is 8.59. The van der Waals surface area contributed by atoms with Crippen LogP contribution in [-0.2, 0) is 0 Å². The van der Waals surface area contributed by atoms with E-state index in [9.17, 15) is 0 Å². The first-order valence-electron chi connectivity index (χ1n) is 8.59. The quantitative estimate of drug-likeness (QED) is 0.326. The van der Waals surface area contributed by atoms with Gasteiger partial charge in [0.25, 0.3) is 0 Å². The Labute approximate surface area is 148 Å². The Morgan fingerprint density at radius 3 is 2.29 bits per heavy atom. The Morgan fingerprint density at radius 2 is 1.75 bits per heavy atom. The van der Waals surface area contributed by atoms with Gasteiger partial charge in [0.2, 0.25) is 0 Å². The van der Waals surface area contributed by atoms with Crippen molar-refractivity contribution >= 4 is 11.8 Å². The van der Waals surface area contributed by atoms with Gasteiger partial charge in [0.05, 0.1) is 0 Å². The molecule has 0 unspecified atom stereocenters. The van der Waals surface area contributed by atoms with Gasteiger partial charge in [-0.1, -0.05) is 72.9 Å². The van der Waals surface area contributed by atoms with E-state index in [4.69, 9.17) is 0 Å². The molecule has 0 aromatic heterocycles. The molecule has 0 amide bonds. The maximum Gasteiger partial charge on any atom is 0.0372 e. The maximum atomic E-state index is 3.93. The van der Waals surface area contributed by atoms with Crippen molar-refractivity contribution in [2.45, 2.75) is 54.9 Å². The highest BCUT2D eigenvalue weighted by Crippen LogP contribution is 2.21. The smallest absolute Gasteiger partial charge is 0.0372 e. The fourth-order valence-electron chi connectivity index (χ4n) is 2.26. The van der Waals surface area contributed by atoms with Gasteiger partial charge in [-0.05, 0) is 58.3 Å². The molecule has 0 heterocycles. The van der Waals surface area contributed by atoms with Gasteiger partial charge in [0, 0.05) is 12.3 Å². The summed E-state index contributed by atoms with van der Waals surface area (Å²) in [4.78, 5) is 3.93. The molecule has 0 N–H and O–H groups in total. The Hall–Kier alpha value is -2.33. The van der Waals surface area contributed by atoms with Gasteiger partial charge in [-0.25, -0.2) is 4.99 Å². The number of hydrogen-bond donors (Lipinski definition) is 0. The summed E-state index contributed by atoms with van der Waals surface area (Å²) in [5.74, 6) is 2.73. The number of aliphatic imine (C=N–C) groups is 1. The van der Waals surface area contributed by atoms with E-state index in [0.29, 0.717) is 0 Å². The highest BCUT2D eigenvalue weighted by molar-refractivity contribution is 5.75. The summed E-state index contributed by atoms with van der Waals surface area (Å²) in [7, 11) is 0. The molecule has 1 aromatic rings. The zero-order valence-corrected chi connectivity index (χ0v) is 16.3. The van der Waals surface area contributed by atoms with E-state index < -0.39 is 0 Å². The van der Waals surface area contributed by atoms with Crippen molar-refractivity contribution < 1.29 is 0 Å². The van der Waals surface area contributed by atoms with Crippen LogP contribution in [0.5, 0.6) is 0 Å². The molecule has 0 spiro atoms. The van der Waals surface area contributed by atoms with E-state index in [0.717, 1.165) is 6.42 Å². The summed E-state index contributed by atoms with van der Waals surface area (Å²) in [6.07, 6.45) is 11.1. The minimum absolute atomic E-state index is 0.910. The lowest BCUT2D eigenvalue weighted by molar-refractivity contribution is 1.21. The molecule has 0 aliphatic carbocycles. The average molecular weight is 322 g/mol. The van der Waals surface area contributed by atoms with Crippen molar-refractivity contribution in [2.75, 3.05) is 0 Å². The summed E-state index contributed by atoms with van der Waals surface area (Å²) in [6, 6.07) is 9.33. The Kier molecular flexibility index (Phi) is 11.9. The van der Waals surface area contributed by atoms with Crippen LogP contribution >= 0.6 is 0 Å². The molecule has 0 fully saturated rings. The van der Waals surface area contributed by atoms with E-state index >= 15 is 0 Å². The van der Waals surface area contributed by atoms with Crippen LogP contribution in [0, 0.1) is 25.8 Å². The van der Waals surface area contributed by atoms with Crippen molar-refractivity contribution in [3.63, 3.8) is 0 Å². The van der Waals surface area contributed by atoms with Crippen LogP contribution in [0.1, 0.15) is 57.7 Å². The number of allylic oxidation sites excluding steroid dienone is 6. The van der Waals surface area contributed by atoms with Gasteiger partial charge in [0.15, 0.2) is 0 Å². The molecule has 0 radical (unpaired) electrons. The van der Waals surface area contributed by atoms with Gasteiger partial charge in [-0.2, -0.15) is 0 Å². The van der Waals surface area contributed by atoms with E-state index in [1.807, 2.05) is 19.9 Å². The van der Waals surface area contributed by atoms with Gasteiger partial charge < -0.3 is 0 Å². The van der Waals surface area contributed by atoms with Crippen LogP contribution in [0.4, 0.5) is 0 Å².